The molecule has 1 aliphatic carbocycles. The Morgan fingerprint density at radius 1 is 1.14 bits per heavy atom. The molecule has 3 aliphatic rings. The third-order valence-electron chi connectivity index (χ3n) is 3.67. The van der Waals surface area contributed by atoms with E-state index < -0.39 is 0 Å². The maximum Gasteiger partial charge on any atom is 0.108 e. The van der Waals surface area contributed by atoms with Gasteiger partial charge < -0.3 is 0 Å². The molecule has 0 aromatic heterocycles. The second-order valence-electron chi connectivity index (χ2n) is 4.35. The lowest BCUT2D eigenvalue weighted by Gasteiger charge is -2.32. The van der Waals surface area contributed by atoms with Gasteiger partial charge in [0.2, 0.25) is 0 Å². The third kappa shape index (κ3) is 0.649. The molecule has 3 rings (SSSR count). The van der Waals surface area contributed by atoms with Gasteiger partial charge in [-0.3, -0.25) is 9.98 Å². The lowest BCUT2D eigenvalue weighted by Crippen LogP contribution is -2.38. The first-order valence-electron chi connectivity index (χ1n) is 4.87. The Hall–Kier alpha value is -1.44. The molecule has 2 atom stereocenters. The van der Waals surface area contributed by atoms with Gasteiger partial charge >= 0.3 is 0 Å². The highest BCUT2D eigenvalue weighted by molar-refractivity contribution is 5.96. The SMILES string of the molecule is CC12C=NC3=CC=CC=C(C=N1)C32C. The topological polar surface area (TPSA) is 24.7 Å². The summed E-state index contributed by atoms with van der Waals surface area (Å²) in [7, 11) is 0. The molecule has 2 unspecified atom stereocenters. The predicted octanol–water partition coefficient (Wildman–Crippen LogP) is 2.30. The minimum Gasteiger partial charge on any atom is -0.279 e. The summed E-state index contributed by atoms with van der Waals surface area (Å²) in [4.78, 5) is 9.04. The molecule has 14 heavy (non-hydrogen) atoms. The summed E-state index contributed by atoms with van der Waals surface area (Å²) in [5.74, 6) is 0. The summed E-state index contributed by atoms with van der Waals surface area (Å²) >= 11 is 0. The molecule has 0 aromatic carbocycles. The van der Waals surface area contributed by atoms with Crippen LogP contribution in [0.2, 0.25) is 0 Å². The highest BCUT2D eigenvalue weighted by Crippen LogP contribution is 2.53. The summed E-state index contributed by atoms with van der Waals surface area (Å²) in [5.41, 5.74) is 2.17. The quantitative estimate of drug-likeness (QED) is 0.552. The van der Waals surface area contributed by atoms with E-state index >= 15 is 0 Å². The smallest absolute Gasteiger partial charge is 0.108 e. The lowest BCUT2D eigenvalue weighted by atomic mass is 9.70. The summed E-state index contributed by atoms with van der Waals surface area (Å²) in [5, 5.41) is 0. The monoisotopic (exact) mass is 184 g/mol. The molecule has 0 fully saturated rings. The van der Waals surface area contributed by atoms with Crippen molar-refractivity contribution in [3.8, 4) is 0 Å². The molecule has 0 radical (unpaired) electrons. The average molecular weight is 184 g/mol. The molecule has 0 saturated heterocycles. The predicted molar refractivity (Wildman–Crippen MR) is 58.8 cm³/mol. The Morgan fingerprint density at radius 2 is 1.93 bits per heavy atom. The van der Waals surface area contributed by atoms with Crippen LogP contribution in [0.25, 0.3) is 0 Å². The normalized spacial score (nSPS) is 42.1. The van der Waals surface area contributed by atoms with Crippen LogP contribution in [0.4, 0.5) is 0 Å². The number of hydrogen-bond acceptors (Lipinski definition) is 2. The third-order valence-corrected chi connectivity index (χ3v) is 3.67. The van der Waals surface area contributed by atoms with Crippen molar-refractivity contribution in [2.45, 2.75) is 19.4 Å². The van der Waals surface area contributed by atoms with Crippen molar-refractivity contribution in [2.75, 3.05) is 0 Å². The van der Waals surface area contributed by atoms with Crippen LogP contribution >= 0.6 is 0 Å². The molecule has 2 heteroatoms. The van der Waals surface area contributed by atoms with Crippen molar-refractivity contribution >= 4 is 12.4 Å². The molecule has 0 spiro atoms. The molecule has 0 saturated carbocycles. The summed E-state index contributed by atoms with van der Waals surface area (Å²) in [6, 6.07) is 0. The molecule has 2 aliphatic heterocycles. The second kappa shape index (κ2) is 2.14. The largest absolute Gasteiger partial charge is 0.279 e. The zero-order valence-electron chi connectivity index (χ0n) is 8.36. The maximum absolute atomic E-state index is 4.57. The van der Waals surface area contributed by atoms with Gasteiger partial charge in [-0.05, 0) is 25.5 Å². The van der Waals surface area contributed by atoms with Crippen molar-refractivity contribution in [1.82, 2.24) is 0 Å². The second-order valence-corrected chi connectivity index (χ2v) is 4.35. The van der Waals surface area contributed by atoms with Crippen LogP contribution in [-0.4, -0.2) is 18.0 Å². The van der Waals surface area contributed by atoms with Crippen molar-refractivity contribution in [3.05, 3.63) is 35.6 Å². The van der Waals surface area contributed by atoms with E-state index in [0.717, 1.165) is 5.70 Å². The average Bonchev–Trinajstić information content (AvgIpc) is 2.49. The summed E-state index contributed by atoms with van der Waals surface area (Å²) < 4.78 is 0. The number of nitrogens with zero attached hydrogens (tertiary/aromatic N) is 2. The molecule has 0 amide bonds. The van der Waals surface area contributed by atoms with E-state index in [-0.39, 0.29) is 11.0 Å². The molecule has 2 heterocycles. The van der Waals surface area contributed by atoms with Gasteiger partial charge in [0.25, 0.3) is 0 Å². The van der Waals surface area contributed by atoms with E-state index in [9.17, 15) is 0 Å². The van der Waals surface area contributed by atoms with Crippen LogP contribution < -0.4 is 0 Å². The Kier molecular flexibility index (Phi) is 1.21. The highest BCUT2D eigenvalue weighted by atomic mass is 15.0. The van der Waals surface area contributed by atoms with Crippen LogP contribution in [0.1, 0.15) is 13.8 Å². The molecular weight excluding hydrogens is 172 g/mol. The maximum atomic E-state index is 4.57. The van der Waals surface area contributed by atoms with E-state index in [4.69, 9.17) is 0 Å². The fraction of sp³-hybridized carbons (Fsp3) is 0.333. The first-order valence-corrected chi connectivity index (χ1v) is 4.87. The fourth-order valence-electron chi connectivity index (χ4n) is 2.37. The first kappa shape index (κ1) is 7.92. The van der Waals surface area contributed by atoms with Gasteiger partial charge in [0.1, 0.15) is 5.54 Å². The van der Waals surface area contributed by atoms with Crippen LogP contribution in [0.5, 0.6) is 0 Å². The fourth-order valence-corrected chi connectivity index (χ4v) is 2.37. The highest BCUT2D eigenvalue weighted by Gasteiger charge is 2.55. The van der Waals surface area contributed by atoms with E-state index in [0.29, 0.717) is 0 Å². The minimum absolute atomic E-state index is 0.0451. The van der Waals surface area contributed by atoms with Crippen LogP contribution in [0.15, 0.2) is 45.6 Å². The van der Waals surface area contributed by atoms with Crippen LogP contribution in [-0.2, 0) is 0 Å². The van der Waals surface area contributed by atoms with E-state index in [2.05, 4.69) is 42.1 Å². The zero-order chi connectivity index (χ0) is 9.81. The van der Waals surface area contributed by atoms with Crippen molar-refractivity contribution in [1.29, 1.82) is 0 Å². The molecule has 2 nitrogen and oxygen atoms in total. The van der Waals surface area contributed by atoms with Crippen LogP contribution in [0, 0.1) is 5.41 Å². The van der Waals surface area contributed by atoms with E-state index in [1.165, 1.54) is 5.57 Å². The number of aliphatic imine (C=N–C) groups is 2. The van der Waals surface area contributed by atoms with E-state index in [1.807, 2.05) is 18.5 Å². The molecule has 0 bridgehead atoms. The number of allylic oxidation sites excluding steroid dienone is 4. The van der Waals surface area contributed by atoms with Crippen molar-refractivity contribution in [3.63, 3.8) is 0 Å². The van der Waals surface area contributed by atoms with Gasteiger partial charge in [0.15, 0.2) is 0 Å². The number of rotatable bonds is 0. The standard InChI is InChI=1S/C12H12N2/c1-11-8-13-10-6-4-3-5-9(7-14-11)12(10,11)2/h3-8H,1-2H3. The Bertz CT molecular complexity index is 413. The van der Waals surface area contributed by atoms with Gasteiger partial charge in [0, 0.05) is 12.4 Å². The number of hydrogen-bond donors (Lipinski definition) is 0. The molecule has 0 aromatic rings. The Labute approximate surface area is 83.5 Å². The van der Waals surface area contributed by atoms with Gasteiger partial charge in [-0.25, -0.2) is 0 Å². The first-order chi connectivity index (χ1) is 6.67. The summed E-state index contributed by atoms with van der Waals surface area (Å²) in [6.07, 6.45) is 12.3. The minimum atomic E-state index is -0.170. The van der Waals surface area contributed by atoms with Crippen molar-refractivity contribution in [2.24, 2.45) is 15.4 Å². The molecule has 0 N–H and O–H groups in total. The zero-order valence-corrected chi connectivity index (χ0v) is 8.36. The van der Waals surface area contributed by atoms with Gasteiger partial charge in [-0.1, -0.05) is 18.2 Å². The summed E-state index contributed by atoms with van der Waals surface area (Å²) in [6.45, 7) is 4.36. The Balaban J connectivity index is 2.34. The molecule has 70 valence electrons. The van der Waals surface area contributed by atoms with E-state index in [1.54, 1.807) is 0 Å². The van der Waals surface area contributed by atoms with Gasteiger partial charge in [-0.2, -0.15) is 0 Å². The van der Waals surface area contributed by atoms with Gasteiger partial charge in [-0.15, -0.1) is 0 Å². The van der Waals surface area contributed by atoms with Crippen molar-refractivity contribution < 1.29 is 0 Å². The lowest BCUT2D eigenvalue weighted by molar-refractivity contribution is 0.392. The van der Waals surface area contributed by atoms with Crippen LogP contribution in [0.3, 0.4) is 0 Å². The van der Waals surface area contributed by atoms with Gasteiger partial charge in [0.05, 0.1) is 11.1 Å². The Morgan fingerprint density at radius 3 is 2.79 bits per heavy atom. The molecular formula is C12H12N2.